The quantitative estimate of drug-likeness (QED) is 0.729. The van der Waals surface area contributed by atoms with Crippen molar-refractivity contribution in [3.05, 3.63) is 0 Å². The number of nitrogens with zero attached hydrogens (tertiary/aromatic N) is 1. The molecule has 2 atom stereocenters. The van der Waals surface area contributed by atoms with Crippen LogP contribution in [0.15, 0.2) is 0 Å². The van der Waals surface area contributed by atoms with Crippen molar-refractivity contribution in [1.29, 1.82) is 0 Å². The van der Waals surface area contributed by atoms with E-state index >= 15 is 0 Å². The highest BCUT2D eigenvalue weighted by Crippen LogP contribution is 2.25. The third-order valence-electron chi connectivity index (χ3n) is 4.24. The normalized spacial score (nSPS) is 25.4. The summed E-state index contributed by atoms with van der Waals surface area (Å²) < 4.78 is 0. The summed E-state index contributed by atoms with van der Waals surface area (Å²) in [6, 6.07) is 0.340. The minimum absolute atomic E-state index is 0.0542. The minimum Gasteiger partial charge on any atom is -0.393 e. The molecular weight excluding hydrogens is 244 g/mol. The number of nitrogens with two attached hydrogens (primary N) is 1. The standard InChI is InChI=1S/C14H28N2OS/c1-14(2,13(15)18)9-6-10-16(3)11-7-4-5-8-12(11)17/h11-12,17H,4-10H2,1-3H3,(H2,15,18). The molecule has 1 saturated carbocycles. The van der Waals surface area contributed by atoms with E-state index in [1.165, 1.54) is 12.8 Å². The summed E-state index contributed by atoms with van der Waals surface area (Å²) in [6.45, 7) is 5.21. The van der Waals surface area contributed by atoms with Crippen molar-refractivity contribution in [2.24, 2.45) is 11.1 Å². The third kappa shape index (κ3) is 4.48. The SMILES string of the molecule is CN(CCCC(C)(C)C(N)=S)C1CCCCC1O. The van der Waals surface area contributed by atoms with Crippen molar-refractivity contribution < 1.29 is 5.11 Å². The van der Waals surface area contributed by atoms with E-state index in [1.807, 2.05) is 0 Å². The van der Waals surface area contributed by atoms with E-state index in [1.54, 1.807) is 0 Å². The molecule has 0 amide bonds. The zero-order valence-corrected chi connectivity index (χ0v) is 12.8. The van der Waals surface area contributed by atoms with Crippen molar-refractivity contribution in [3.63, 3.8) is 0 Å². The van der Waals surface area contributed by atoms with Gasteiger partial charge in [-0.1, -0.05) is 38.9 Å². The summed E-state index contributed by atoms with van der Waals surface area (Å²) in [4.78, 5) is 2.90. The molecule has 2 unspecified atom stereocenters. The van der Waals surface area contributed by atoms with Crippen LogP contribution in [0.4, 0.5) is 0 Å². The molecule has 0 heterocycles. The van der Waals surface area contributed by atoms with Crippen molar-refractivity contribution in [2.45, 2.75) is 64.5 Å². The van der Waals surface area contributed by atoms with Crippen molar-refractivity contribution >= 4 is 17.2 Å². The van der Waals surface area contributed by atoms with Crippen LogP contribution in [0.2, 0.25) is 0 Å². The van der Waals surface area contributed by atoms with Crippen LogP contribution in [0.1, 0.15) is 52.4 Å². The summed E-state index contributed by atoms with van der Waals surface area (Å²) in [6.07, 6.45) is 6.42. The molecule has 0 saturated heterocycles. The van der Waals surface area contributed by atoms with E-state index in [0.29, 0.717) is 11.0 Å². The largest absolute Gasteiger partial charge is 0.393 e. The van der Waals surface area contributed by atoms with Crippen molar-refractivity contribution in [3.8, 4) is 0 Å². The lowest BCUT2D eigenvalue weighted by molar-refractivity contribution is 0.0310. The van der Waals surface area contributed by atoms with Gasteiger partial charge in [0.2, 0.25) is 0 Å². The Morgan fingerprint density at radius 2 is 2.00 bits per heavy atom. The van der Waals surface area contributed by atoms with Crippen LogP contribution in [-0.2, 0) is 0 Å². The van der Waals surface area contributed by atoms with Gasteiger partial charge in [0, 0.05) is 11.5 Å². The molecule has 0 bridgehead atoms. The maximum atomic E-state index is 10.0. The van der Waals surface area contributed by atoms with Crippen LogP contribution in [0, 0.1) is 5.41 Å². The van der Waals surface area contributed by atoms with Crippen molar-refractivity contribution in [1.82, 2.24) is 4.90 Å². The molecular formula is C14H28N2OS. The van der Waals surface area contributed by atoms with E-state index in [4.69, 9.17) is 18.0 Å². The zero-order valence-electron chi connectivity index (χ0n) is 12.0. The Bertz CT molecular complexity index is 281. The number of aliphatic hydroxyl groups is 1. The second kappa shape index (κ2) is 6.83. The van der Waals surface area contributed by atoms with Crippen molar-refractivity contribution in [2.75, 3.05) is 13.6 Å². The smallest absolute Gasteiger partial charge is 0.0784 e. The second-order valence-electron chi connectivity index (χ2n) is 6.25. The van der Waals surface area contributed by atoms with Crippen LogP contribution < -0.4 is 5.73 Å². The van der Waals surface area contributed by atoms with E-state index in [-0.39, 0.29) is 11.5 Å². The number of aliphatic hydroxyl groups excluding tert-OH is 1. The summed E-state index contributed by atoms with van der Waals surface area (Å²) in [7, 11) is 2.12. The van der Waals surface area contributed by atoms with Gasteiger partial charge < -0.3 is 15.7 Å². The van der Waals surface area contributed by atoms with Gasteiger partial charge in [0.25, 0.3) is 0 Å². The van der Waals surface area contributed by atoms with Crippen LogP contribution in [0.25, 0.3) is 0 Å². The molecule has 1 aliphatic rings. The lowest BCUT2D eigenvalue weighted by Gasteiger charge is -2.35. The maximum absolute atomic E-state index is 10.0. The summed E-state index contributed by atoms with van der Waals surface area (Å²) in [5.74, 6) is 0. The number of hydrogen-bond acceptors (Lipinski definition) is 3. The predicted molar refractivity (Wildman–Crippen MR) is 80.7 cm³/mol. The Labute approximate surface area is 117 Å². The fraction of sp³-hybridized carbons (Fsp3) is 0.929. The highest BCUT2D eigenvalue weighted by molar-refractivity contribution is 7.80. The van der Waals surface area contributed by atoms with Gasteiger partial charge in [-0.2, -0.15) is 0 Å². The van der Waals surface area contributed by atoms with Crippen LogP contribution in [0.5, 0.6) is 0 Å². The third-order valence-corrected chi connectivity index (χ3v) is 4.79. The monoisotopic (exact) mass is 272 g/mol. The van der Waals surface area contributed by atoms with Crippen LogP contribution in [0.3, 0.4) is 0 Å². The highest BCUT2D eigenvalue weighted by atomic mass is 32.1. The molecule has 1 fully saturated rings. The van der Waals surface area contributed by atoms with Gasteiger partial charge in [-0.15, -0.1) is 0 Å². The van der Waals surface area contributed by atoms with Crippen LogP contribution >= 0.6 is 12.2 Å². The maximum Gasteiger partial charge on any atom is 0.0784 e. The van der Waals surface area contributed by atoms with Gasteiger partial charge in [0.15, 0.2) is 0 Å². The van der Waals surface area contributed by atoms with Gasteiger partial charge in [0.05, 0.1) is 11.1 Å². The second-order valence-corrected chi connectivity index (χ2v) is 6.69. The molecule has 3 N–H and O–H groups in total. The number of likely N-dealkylation sites (N-methyl/N-ethyl adjacent to an activating group) is 1. The molecule has 0 aromatic rings. The predicted octanol–water partition coefficient (Wildman–Crippen LogP) is 2.31. The molecule has 4 heteroatoms. The summed E-state index contributed by atoms with van der Waals surface area (Å²) in [5.41, 5.74) is 5.68. The van der Waals surface area contributed by atoms with Crippen LogP contribution in [-0.4, -0.2) is 40.7 Å². The number of rotatable bonds is 6. The highest BCUT2D eigenvalue weighted by Gasteiger charge is 2.27. The lowest BCUT2D eigenvalue weighted by Crippen LogP contribution is -2.44. The van der Waals surface area contributed by atoms with E-state index in [0.717, 1.165) is 32.2 Å². The van der Waals surface area contributed by atoms with Gasteiger partial charge in [-0.3, -0.25) is 0 Å². The average Bonchev–Trinajstić information content (AvgIpc) is 2.29. The van der Waals surface area contributed by atoms with Gasteiger partial charge in [-0.05, 0) is 39.3 Å². The molecule has 0 radical (unpaired) electrons. The van der Waals surface area contributed by atoms with E-state index in [2.05, 4.69) is 25.8 Å². The fourth-order valence-electron chi connectivity index (χ4n) is 2.67. The first-order valence-corrected chi connectivity index (χ1v) is 7.43. The molecule has 0 aliphatic heterocycles. The number of thiocarbonyl (C=S) groups is 1. The molecule has 0 aromatic carbocycles. The zero-order chi connectivity index (χ0) is 13.8. The Kier molecular flexibility index (Phi) is 6.02. The first kappa shape index (κ1) is 15.9. The number of hydrogen-bond donors (Lipinski definition) is 2. The Morgan fingerprint density at radius 1 is 1.39 bits per heavy atom. The summed E-state index contributed by atoms with van der Waals surface area (Å²) in [5, 5.41) is 10.0. The lowest BCUT2D eigenvalue weighted by atomic mass is 9.87. The average molecular weight is 272 g/mol. The molecule has 18 heavy (non-hydrogen) atoms. The molecule has 0 spiro atoms. The van der Waals surface area contributed by atoms with Gasteiger partial charge in [-0.25, -0.2) is 0 Å². The van der Waals surface area contributed by atoms with Gasteiger partial charge in [0.1, 0.15) is 0 Å². The molecule has 1 aliphatic carbocycles. The van der Waals surface area contributed by atoms with E-state index < -0.39 is 0 Å². The molecule has 1 rings (SSSR count). The van der Waals surface area contributed by atoms with Gasteiger partial charge >= 0.3 is 0 Å². The first-order valence-electron chi connectivity index (χ1n) is 7.03. The Morgan fingerprint density at radius 3 is 2.56 bits per heavy atom. The molecule has 3 nitrogen and oxygen atoms in total. The Balaban J connectivity index is 2.32. The molecule has 106 valence electrons. The molecule has 0 aromatic heterocycles. The minimum atomic E-state index is -0.146. The summed E-state index contributed by atoms with van der Waals surface area (Å²) >= 11 is 5.08. The fourth-order valence-corrected chi connectivity index (χ4v) is 2.77. The Hall–Kier alpha value is -0.190. The van der Waals surface area contributed by atoms with E-state index in [9.17, 15) is 5.11 Å². The first-order chi connectivity index (χ1) is 8.34. The topological polar surface area (TPSA) is 49.5 Å².